The SMILES string of the molecule is NC=C(C=NC1CCNCC1)c1cnc(N)c(-c2cnc(-c3ccc(Cl)cc3)o2)c1. The molecule has 1 aromatic carbocycles. The summed E-state index contributed by atoms with van der Waals surface area (Å²) < 4.78 is 5.93. The molecule has 1 saturated heterocycles. The van der Waals surface area contributed by atoms with Crippen LogP contribution in [0.5, 0.6) is 0 Å². The Morgan fingerprint density at radius 3 is 2.67 bits per heavy atom. The number of halogens is 1. The van der Waals surface area contributed by atoms with Gasteiger partial charge in [-0.2, -0.15) is 0 Å². The summed E-state index contributed by atoms with van der Waals surface area (Å²) in [4.78, 5) is 13.4. The first kappa shape index (κ1) is 20.1. The van der Waals surface area contributed by atoms with Crippen LogP contribution in [-0.4, -0.2) is 35.3 Å². The molecule has 154 valence electrons. The molecule has 4 rings (SSSR count). The Hall–Kier alpha value is -3.16. The van der Waals surface area contributed by atoms with Gasteiger partial charge in [0.25, 0.3) is 0 Å². The number of nitrogens with one attached hydrogen (secondary N) is 1. The van der Waals surface area contributed by atoms with Crippen molar-refractivity contribution >= 4 is 29.2 Å². The van der Waals surface area contributed by atoms with Crippen LogP contribution in [-0.2, 0) is 0 Å². The summed E-state index contributed by atoms with van der Waals surface area (Å²) in [7, 11) is 0. The Bertz CT molecular complexity index is 1070. The fourth-order valence-electron chi connectivity index (χ4n) is 3.31. The van der Waals surface area contributed by atoms with E-state index >= 15 is 0 Å². The molecule has 30 heavy (non-hydrogen) atoms. The lowest BCUT2D eigenvalue weighted by molar-refractivity contribution is 0.461. The minimum absolute atomic E-state index is 0.304. The molecule has 3 aromatic rings. The van der Waals surface area contributed by atoms with E-state index < -0.39 is 0 Å². The van der Waals surface area contributed by atoms with Crippen molar-refractivity contribution in [2.45, 2.75) is 18.9 Å². The van der Waals surface area contributed by atoms with Crippen LogP contribution in [0.3, 0.4) is 0 Å². The Morgan fingerprint density at radius 2 is 1.93 bits per heavy atom. The second kappa shape index (κ2) is 9.11. The van der Waals surface area contributed by atoms with Crippen molar-refractivity contribution in [3.8, 4) is 22.8 Å². The van der Waals surface area contributed by atoms with E-state index in [1.165, 1.54) is 6.20 Å². The van der Waals surface area contributed by atoms with E-state index in [4.69, 9.17) is 27.5 Å². The fourth-order valence-corrected chi connectivity index (χ4v) is 3.44. The van der Waals surface area contributed by atoms with Crippen molar-refractivity contribution in [2.24, 2.45) is 10.7 Å². The largest absolute Gasteiger partial charge is 0.436 e. The van der Waals surface area contributed by atoms with Gasteiger partial charge in [-0.1, -0.05) is 11.6 Å². The number of aliphatic imine (C=N–C) groups is 1. The van der Waals surface area contributed by atoms with Crippen LogP contribution in [0.25, 0.3) is 28.4 Å². The van der Waals surface area contributed by atoms with Gasteiger partial charge in [0.2, 0.25) is 5.89 Å². The Morgan fingerprint density at radius 1 is 1.17 bits per heavy atom. The van der Waals surface area contributed by atoms with E-state index in [2.05, 4.69) is 20.3 Å². The van der Waals surface area contributed by atoms with E-state index in [1.54, 1.807) is 24.5 Å². The predicted octanol–water partition coefficient (Wildman–Crippen LogP) is 3.76. The minimum atomic E-state index is 0.304. The van der Waals surface area contributed by atoms with Gasteiger partial charge in [-0.25, -0.2) is 9.97 Å². The first-order chi connectivity index (χ1) is 14.6. The average Bonchev–Trinajstić information content (AvgIpc) is 3.26. The first-order valence-corrected chi connectivity index (χ1v) is 10.2. The van der Waals surface area contributed by atoms with Crippen LogP contribution in [0.4, 0.5) is 5.82 Å². The Labute approximate surface area is 179 Å². The summed E-state index contributed by atoms with van der Waals surface area (Å²) in [5.41, 5.74) is 15.0. The monoisotopic (exact) mass is 422 g/mol. The standard InChI is InChI=1S/C22H23ClN6O/c23-17-3-1-14(2-4-17)22-29-13-20(30-22)19-9-15(11-28-21(19)25)16(10-24)12-27-18-5-7-26-8-6-18/h1-4,9-13,18,26H,5-8,24H2,(H2,25,28). The van der Waals surface area contributed by atoms with Crippen LogP contribution in [0.15, 0.2) is 58.3 Å². The number of oxazole rings is 1. The zero-order chi connectivity index (χ0) is 20.9. The molecule has 0 bridgehead atoms. The zero-order valence-corrected chi connectivity index (χ0v) is 17.1. The van der Waals surface area contributed by atoms with E-state index in [1.807, 2.05) is 24.4 Å². The quantitative estimate of drug-likeness (QED) is 0.539. The summed E-state index contributed by atoms with van der Waals surface area (Å²) in [5.74, 6) is 1.36. The Balaban J connectivity index is 1.60. The number of hydrogen-bond acceptors (Lipinski definition) is 7. The van der Waals surface area contributed by atoms with Crippen molar-refractivity contribution in [1.82, 2.24) is 15.3 Å². The van der Waals surface area contributed by atoms with Crippen LogP contribution in [0, 0.1) is 0 Å². The van der Waals surface area contributed by atoms with Gasteiger partial charge in [0.1, 0.15) is 5.82 Å². The number of allylic oxidation sites excluding steroid dienone is 1. The number of rotatable bonds is 5. The molecule has 0 radical (unpaired) electrons. The van der Waals surface area contributed by atoms with Gasteiger partial charge in [0.05, 0.1) is 17.8 Å². The van der Waals surface area contributed by atoms with Crippen LogP contribution < -0.4 is 16.8 Å². The number of aromatic nitrogens is 2. The average molecular weight is 423 g/mol. The third-order valence-electron chi connectivity index (χ3n) is 5.03. The highest BCUT2D eigenvalue weighted by molar-refractivity contribution is 6.30. The molecule has 8 heteroatoms. The van der Waals surface area contributed by atoms with Gasteiger partial charge >= 0.3 is 0 Å². The molecular weight excluding hydrogens is 400 g/mol. The summed E-state index contributed by atoms with van der Waals surface area (Å²) >= 11 is 5.95. The predicted molar refractivity (Wildman–Crippen MR) is 121 cm³/mol. The number of nitrogens with two attached hydrogens (primary N) is 2. The molecule has 0 atom stereocenters. The second-order valence-electron chi connectivity index (χ2n) is 7.07. The highest BCUT2D eigenvalue weighted by Crippen LogP contribution is 2.31. The van der Waals surface area contributed by atoms with Gasteiger partial charge in [-0.15, -0.1) is 0 Å². The lowest BCUT2D eigenvalue weighted by atomic mass is 10.1. The summed E-state index contributed by atoms with van der Waals surface area (Å²) in [5, 5.41) is 3.99. The van der Waals surface area contributed by atoms with Gasteiger partial charge in [0, 0.05) is 40.3 Å². The fraction of sp³-hybridized carbons (Fsp3) is 0.227. The molecule has 1 aliphatic rings. The zero-order valence-electron chi connectivity index (χ0n) is 16.4. The normalized spacial score (nSPS) is 15.7. The van der Waals surface area contributed by atoms with E-state index in [-0.39, 0.29) is 0 Å². The second-order valence-corrected chi connectivity index (χ2v) is 7.51. The molecule has 3 heterocycles. The maximum absolute atomic E-state index is 6.11. The van der Waals surface area contributed by atoms with Gasteiger partial charge in [0.15, 0.2) is 5.76 Å². The van der Waals surface area contributed by atoms with Crippen LogP contribution >= 0.6 is 11.6 Å². The number of nitrogens with zero attached hydrogens (tertiary/aromatic N) is 3. The number of piperidine rings is 1. The Kier molecular flexibility index (Phi) is 6.11. The van der Waals surface area contributed by atoms with E-state index in [0.29, 0.717) is 34.1 Å². The van der Waals surface area contributed by atoms with E-state index in [0.717, 1.165) is 42.6 Å². The number of anilines is 1. The summed E-state index contributed by atoms with van der Waals surface area (Å²) in [6.07, 6.45) is 8.70. The molecule has 0 aliphatic carbocycles. The lowest BCUT2D eigenvalue weighted by Crippen LogP contribution is -2.29. The third kappa shape index (κ3) is 4.53. The molecule has 5 N–H and O–H groups in total. The van der Waals surface area contributed by atoms with Gasteiger partial charge in [-0.3, -0.25) is 4.99 Å². The van der Waals surface area contributed by atoms with Crippen molar-refractivity contribution in [3.05, 3.63) is 59.5 Å². The number of hydrogen-bond donors (Lipinski definition) is 3. The maximum atomic E-state index is 6.11. The molecule has 0 unspecified atom stereocenters. The van der Waals surface area contributed by atoms with E-state index in [9.17, 15) is 0 Å². The smallest absolute Gasteiger partial charge is 0.226 e. The molecule has 2 aromatic heterocycles. The molecular formula is C22H23ClN6O. The van der Waals surface area contributed by atoms with Crippen molar-refractivity contribution in [1.29, 1.82) is 0 Å². The summed E-state index contributed by atoms with van der Waals surface area (Å²) in [6, 6.07) is 9.47. The third-order valence-corrected chi connectivity index (χ3v) is 5.28. The molecule has 1 aliphatic heterocycles. The van der Waals surface area contributed by atoms with Crippen molar-refractivity contribution in [3.63, 3.8) is 0 Å². The first-order valence-electron chi connectivity index (χ1n) is 9.78. The highest BCUT2D eigenvalue weighted by atomic mass is 35.5. The molecule has 0 amide bonds. The highest BCUT2D eigenvalue weighted by Gasteiger charge is 2.15. The number of nitrogen functional groups attached to an aromatic ring is 1. The topological polar surface area (TPSA) is 115 Å². The summed E-state index contributed by atoms with van der Waals surface area (Å²) in [6.45, 7) is 1.97. The molecule has 0 saturated carbocycles. The van der Waals surface area contributed by atoms with Gasteiger partial charge < -0.3 is 21.2 Å². The minimum Gasteiger partial charge on any atom is -0.436 e. The van der Waals surface area contributed by atoms with Crippen molar-refractivity contribution < 1.29 is 4.42 Å². The number of pyridine rings is 1. The van der Waals surface area contributed by atoms with Gasteiger partial charge in [-0.05, 0) is 56.3 Å². The number of benzene rings is 1. The molecule has 7 nitrogen and oxygen atoms in total. The lowest BCUT2D eigenvalue weighted by Gasteiger charge is -2.18. The molecule has 1 fully saturated rings. The van der Waals surface area contributed by atoms with Crippen LogP contribution in [0.1, 0.15) is 18.4 Å². The maximum Gasteiger partial charge on any atom is 0.226 e. The van der Waals surface area contributed by atoms with Crippen LogP contribution in [0.2, 0.25) is 5.02 Å². The van der Waals surface area contributed by atoms with Crippen molar-refractivity contribution in [2.75, 3.05) is 18.8 Å². The molecule has 0 spiro atoms.